The molecule has 0 spiro atoms. The molecule has 4 rings (SSSR count). The van der Waals surface area contributed by atoms with E-state index in [2.05, 4.69) is 10.1 Å². The van der Waals surface area contributed by atoms with Gasteiger partial charge in [-0.05, 0) is 31.2 Å². The Bertz CT molecular complexity index is 1120. The molecule has 0 radical (unpaired) electrons. The molecule has 3 aromatic rings. The number of anilines is 1. The maximum absolute atomic E-state index is 13.0. The molecular formula is C18H18N4O3S2. The predicted molar refractivity (Wildman–Crippen MR) is 106 cm³/mol. The summed E-state index contributed by atoms with van der Waals surface area (Å²) in [5.74, 6) is 1.83. The molecule has 1 aliphatic heterocycles. The van der Waals surface area contributed by atoms with Gasteiger partial charge in [-0.1, -0.05) is 18.2 Å². The largest absolute Gasteiger partial charge is 0.292 e. The lowest BCUT2D eigenvalue weighted by Gasteiger charge is -2.22. The molecule has 0 fully saturated rings. The van der Waals surface area contributed by atoms with Crippen molar-refractivity contribution in [3.8, 4) is 5.82 Å². The second kappa shape index (κ2) is 6.90. The van der Waals surface area contributed by atoms with E-state index in [1.165, 1.54) is 21.3 Å². The zero-order valence-corrected chi connectivity index (χ0v) is 16.3. The molecule has 140 valence electrons. The average molecular weight is 403 g/mol. The highest BCUT2D eigenvalue weighted by molar-refractivity contribution is 7.98. The number of para-hydroxylation sites is 1. The number of H-pyrrole nitrogens is 1. The van der Waals surface area contributed by atoms with Gasteiger partial charge in [-0.15, -0.1) is 0 Å². The normalized spacial score (nSPS) is 13.5. The van der Waals surface area contributed by atoms with Crippen LogP contribution in [0.25, 0.3) is 5.82 Å². The Morgan fingerprint density at radius 3 is 2.59 bits per heavy atom. The molecule has 0 saturated heterocycles. The maximum Gasteiger partial charge on any atom is 0.276 e. The van der Waals surface area contributed by atoms with Crippen molar-refractivity contribution in [2.24, 2.45) is 0 Å². The summed E-state index contributed by atoms with van der Waals surface area (Å²) in [5, 5.41) is 3.06. The second-order valence-electron chi connectivity index (χ2n) is 6.06. The Kier molecular flexibility index (Phi) is 4.56. The van der Waals surface area contributed by atoms with E-state index >= 15 is 0 Å². The molecule has 27 heavy (non-hydrogen) atoms. The summed E-state index contributed by atoms with van der Waals surface area (Å²) in [6.07, 6.45) is 1.30. The van der Waals surface area contributed by atoms with Gasteiger partial charge in [-0.2, -0.15) is 11.8 Å². The summed E-state index contributed by atoms with van der Waals surface area (Å²) < 4.78 is 28.7. The fraction of sp³-hybridized carbons (Fsp3) is 0.222. The summed E-state index contributed by atoms with van der Waals surface area (Å²) >= 11 is 1.69. The third-order valence-electron chi connectivity index (χ3n) is 4.43. The van der Waals surface area contributed by atoms with Crippen LogP contribution in [0.2, 0.25) is 0 Å². The number of sulfonamides is 1. The minimum absolute atomic E-state index is 0.0830. The Morgan fingerprint density at radius 2 is 1.96 bits per heavy atom. The summed E-state index contributed by atoms with van der Waals surface area (Å²) in [4.78, 5) is 16.7. The Labute approximate surface area is 161 Å². The molecule has 1 aromatic carbocycles. The lowest BCUT2D eigenvalue weighted by Crippen LogP contribution is -2.30. The van der Waals surface area contributed by atoms with Crippen molar-refractivity contribution in [3.63, 3.8) is 0 Å². The Morgan fingerprint density at radius 1 is 1.19 bits per heavy atom. The molecule has 0 amide bonds. The first kappa shape index (κ1) is 17.9. The Hall–Kier alpha value is -2.52. The highest BCUT2D eigenvalue weighted by atomic mass is 32.2. The number of fused-ring (bicyclic) bond motifs is 1. The average Bonchev–Trinajstić information content (AvgIpc) is 3.26. The van der Waals surface area contributed by atoms with Gasteiger partial charge in [0.15, 0.2) is 5.82 Å². The number of rotatable bonds is 5. The summed E-state index contributed by atoms with van der Waals surface area (Å²) in [5.41, 5.74) is 2.14. The van der Waals surface area contributed by atoms with Crippen LogP contribution >= 0.6 is 11.8 Å². The molecule has 2 aromatic heterocycles. The van der Waals surface area contributed by atoms with Gasteiger partial charge in [0.05, 0.1) is 16.9 Å². The first-order chi connectivity index (χ1) is 13.0. The summed E-state index contributed by atoms with van der Waals surface area (Å²) in [7, 11) is -3.74. The van der Waals surface area contributed by atoms with E-state index < -0.39 is 10.0 Å². The number of nitrogens with one attached hydrogen (secondary N) is 1. The molecule has 0 aliphatic carbocycles. The fourth-order valence-electron chi connectivity index (χ4n) is 3.07. The van der Waals surface area contributed by atoms with Gasteiger partial charge in [-0.3, -0.25) is 14.2 Å². The van der Waals surface area contributed by atoms with Crippen LogP contribution < -0.4 is 9.86 Å². The molecule has 9 heteroatoms. The monoisotopic (exact) mass is 402 g/mol. The molecule has 0 atom stereocenters. The van der Waals surface area contributed by atoms with Crippen molar-refractivity contribution in [3.05, 3.63) is 70.3 Å². The van der Waals surface area contributed by atoms with E-state index in [1.807, 2.05) is 6.07 Å². The highest BCUT2D eigenvalue weighted by Gasteiger charge is 2.25. The van der Waals surface area contributed by atoms with Crippen molar-refractivity contribution < 1.29 is 8.42 Å². The second-order valence-corrected chi connectivity index (χ2v) is 8.91. The van der Waals surface area contributed by atoms with Gasteiger partial charge in [-0.25, -0.2) is 18.1 Å². The minimum Gasteiger partial charge on any atom is -0.292 e. The van der Waals surface area contributed by atoms with Crippen molar-refractivity contribution in [1.29, 1.82) is 0 Å². The zero-order chi connectivity index (χ0) is 19.0. The van der Waals surface area contributed by atoms with E-state index in [9.17, 15) is 13.2 Å². The van der Waals surface area contributed by atoms with Crippen LogP contribution in [0.15, 0.2) is 58.4 Å². The third kappa shape index (κ3) is 3.06. The van der Waals surface area contributed by atoms with Crippen LogP contribution in [0.5, 0.6) is 0 Å². The fourth-order valence-corrected chi connectivity index (χ4v) is 5.54. The van der Waals surface area contributed by atoms with Crippen LogP contribution in [0.4, 0.5) is 5.69 Å². The third-order valence-corrected chi connectivity index (χ3v) is 7.31. The van der Waals surface area contributed by atoms with E-state index in [0.29, 0.717) is 23.8 Å². The zero-order valence-electron chi connectivity index (χ0n) is 14.6. The van der Waals surface area contributed by atoms with Gasteiger partial charge >= 0.3 is 0 Å². The summed E-state index contributed by atoms with van der Waals surface area (Å²) in [6.45, 7) is 2.08. The lowest BCUT2D eigenvalue weighted by molar-refractivity contribution is 0.591. The van der Waals surface area contributed by atoms with Crippen molar-refractivity contribution in [2.45, 2.75) is 23.3 Å². The number of thioether (sulfide) groups is 1. The number of aromatic amines is 1. The quantitative estimate of drug-likeness (QED) is 0.708. The first-order valence-corrected chi connectivity index (χ1v) is 11.1. The van der Waals surface area contributed by atoms with Crippen LogP contribution in [0, 0.1) is 0 Å². The van der Waals surface area contributed by atoms with Gasteiger partial charge in [0.1, 0.15) is 4.90 Å². The predicted octanol–water partition coefficient (Wildman–Crippen LogP) is 2.52. The van der Waals surface area contributed by atoms with Crippen LogP contribution in [0.1, 0.15) is 18.2 Å². The van der Waals surface area contributed by atoms with E-state index in [1.54, 1.807) is 49.0 Å². The standard InChI is InChI=1S/C18H18N4O3S2/c1-2-21(13-6-4-3-5-7-13)27(24,25)14-8-9-17(19-10-14)22-18(23)15-11-26-12-16(15)20-22/h3-10,20H,2,11-12H2,1H3. The van der Waals surface area contributed by atoms with Gasteiger partial charge < -0.3 is 0 Å². The summed E-state index contributed by atoms with van der Waals surface area (Å²) in [6, 6.07) is 12.0. The molecule has 1 aliphatic rings. The lowest BCUT2D eigenvalue weighted by atomic mass is 10.3. The van der Waals surface area contributed by atoms with Crippen LogP contribution in [0.3, 0.4) is 0 Å². The van der Waals surface area contributed by atoms with E-state index in [0.717, 1.165) is 17.0 Å². The SMILES string of the molecule is CCN(c1ccccc1)S(=O)(=O)c1ccc(-n2[nH]c3c(c2=O)CSC3)nc1. The number of nitrogens with zero attached hydrogens (tertiary/aromatic N) is 3. The van der Waals surface area contributed by atoms with Gasteiger partial charge in [0.25, 0.3) is 15.6 Å². The molecule has 1 N–H and O–H groups in total. The van der Waals surface area contributed by atoms with Gasteiger partial charge in [0.2, 0.25) is 0 Å². The molecule has 7 nitrogen and oxygen atoms in total. The molecule has 0 unspecified atom stereocenters. The van der Waals surface area contributed by atoms with Crippen LogP contribution in [-0.2, 0) is 21.5 Å². The number of hydrogen-bond acceptors (Lipinski definition) is 5. The first-order valence-electron chi connectivity index (χ1n) is 8.47. The number of aromatic nitrogens is 3. The van der Waals surface area contributed by atoms with E-state index in [4.69, 9.17) is 0 Å². The van der Waals surface area contributed by atoms with Crippen molar-refractivity contribution in [1.82, 2.24) is 14.8 Å². The minimum atomic E-state index is -3.74. The Balaban J connectivity index is 1.68. The van der Waals surface area contributed by atoms with Crippen LogP contribution in [-0.4, -0.2) is 29.7 Å². The molecular weight excluding hydrogens is 384 g/mol. The molecule has 0 saturated carbocycles. The number of hydrogen-bond donors (Lipinski definition) is 1. The van der Waals surface area contributed by atoms with E-state index in [-0.39, 0.29) is 10.5 Å². The topological polar surface area (TPSA) is 88.1 Å². The van der Waals surface area contributed by atoms with Gasteiger partial charge in [0, 0.05) is 24.2 Å². The molecule has 0 bridgehead atoms. The number of benzene rings is 1. The number of pyridine rings is 1. The van der Waals surface area contributed by atoms with Crippen molar-refractivity contribution >= 4 is 27.5 Å². The molecule has 3 heterocycles. The van der Waals surface area contributed by atoms with Crippen molar-refractivity contribution in [2.75, 3.05) is 10.8 Å². The highest BCUT2D eigenvalue weighted by Crippen LogP contribution is 2.26. The smallest absolute Gasteiger partial charge is 0.276 e. The maximum atomic E-state index is 13.0.